The summed E-state index contributed by atoms with van der Waals surface area (Å²) in [7, 11) is 3.41. The van der Waals surface area contributed by atoms with E-state index in [4.69, 9.17) is 9.47 Å². The molecule has 0 aromatic heterocycles. The lowest BCUT2D eigenvalue weighted by Crippen LogP contribution is -2.28. The minimum absolute atomic E-state index is 0.310. The lowest BCUT2D eigenvalue weighted by Gasteiger charge is -2.25. The molecule has 2 bridgehead atoms. The van der Waals surface area contributed by atoms with Crippen LogP contribution in [0.1, 0.15) is 44.2 Å². The third-order valence-electron chi connectivity index (χ3n) is 5.48. The number of rotatable bonds is 6. The van der Waals surface area contributed by atoms with E-state index >= 15 is 0 Å². The molecule has 0 aliphatic heterocycles. The second kappa shape index (κ2) is 6.27. The average molecular weight is 289 g/mol. The number of benzene rings is 1. The summed E-state index contributed by atoms with van der Waals surface area (Å²) in [6, 6.07) is 6.39. The molecule has 1 aromatic carbocycles. The first-order valence-corrected chi connectivity index (χ1v) is 8.16. The van der Waals surface area contributed by atoms with E-state index in [-0.39, 0.29) is 0 Å². The van der Waals surface area contributed by atoms with Crippen LogP contribution >= 0.6 is 0 Å². The second-order valence-corrected chi connectivity index (χ2v) is 6.67. The molecule has 0 radical (unpaired) electrons. The van der Waals surface area contributed by atoms with Crippen molar-refractivity contribution in [2.45, 2.75) is 38.6 Å². The monoisotopic (exact) mass is 289 g/mol. The maximum absolute atomic E-state index is 5.51. The first kappa shape index (κ1) is 14.7. The van der Waals surface area contributed by atoms with E-state index < -0.39 is 0 Å². The van der Waals surface area contributed by atoms with E-state index in [0.717, 1.165) is 35.8 Å². The molecular formula is C18H27NO2. The SMILES string of the molecule is COc1ccc(C(C)NCC2CC3CCC2C3)c(OC)c1. The van der Waals surface area contributed by atoms with Gasteiger partial charge in [0.25, 0.3) is 0 Å². The first-order chi connectivity index (χ1) is 10.2. The van der Waals surface area contributed by atoms with Crippen molar-refractivity contribution >= 4 is 0 Å². The fourth-order valence-electron chi connectivity index (χ4n) is 4.24. The number of methoxy groups -OCH3 is 2. The second-order valence-electron chi connectivity index (χ2n) is 6.67. The molecule has 2 aliphatic carbocycles. The van der Waals surface area contributed by atoms with Gasteiger partial charge in [-0.1, -0.05) is 12.5 Å². The van der Waals surface area contributed by atoms with Crippen LogP contribution in [0.3, 0.4) is 0 Å². The van der Waals surface area contributed by atoms with Gasteiger partial charge in [-0.05, 0) is 56.6 Å². The Bertz CT molecular complexity index is 488. The molecule has 3 heteroatoms. The van der Waals surface area contributed by atoms with Crippen molar-refractivity contribution in [3.05, 3.63) is 23.8 Å². The van der Waals surface area contributed by atoms with Crippen molar-refractivity contribution in [2.24, 2.45) is 17.8 Å². The zero-order chi connectivity index (χ0) is 14.8. The summed E-state index contributed by atoms with van der Waals surface area (Å²) in [6.45, 7) is 3.36. The van der Waals surface area contributed by atoms with Gasteiger partial charge >= 0.3 is 0 Å². The van der Waals surface area contributed by atoms with Crippen molar-refractivity contribution in [1.82, 2.24) is 5.32 Å². The summed E-state index contributed by atoms with van der Waals surface area (Å²) in [6.07, 6.45) is 5.84. The zero-order valence-corrected chi connectivity index (χ0v) is 13.4. The van der Waals surface area contributed by atoms with E-state index in [9.17, 15) is 0 Å². The Morgan fingerprint density at radius 1 is 1.19 bits per heavy atom. The fraction of sp³-hybridized carbons (Fsp3) is 0.667. The first-order valence-electron chi connectivity index (χ1n) is 8.16. The molecule has 2 fully saturated rings. The van der Waals surface area contributed by atoms with E-state index in [1.165, 1.54) is 31.2 Å². The highest BCUT2D eigenvalue weighted by molar-refractivity contribution is 5.42. The Hall–Kier alpha value is -1.22. The molecule has 0 amide bonds. The third-order valence-corrected chi connectivity index (χ3v) is 5.48. The van der Waals surface area contributed by atoms with Gasteiger partial charge in [-0.25, -0.2) is 0 Å². The highest BCUT2D eigenvalue weighted by Crippen LogP contribution is 2.48. The maximum atomic E-state index is 5.51. The molecule has 3 rings (SSSR count). The number of hydrogen-bond acceptors (Lipinski definition) is 3. The van der Waals surface area contributed by atoms with Crippen LogP contribution in [-0.4, -0.2) is 20.8 Å². The molecule has 0 saturated heterocycles. The van der Waals surface area contributed by atoms with E-state index in [1.807, 2.05) is 12.1 Å². The van der Waals surface area contributed by atoms with Crippen molar-refractivity contribution in [3.8, 4) is 11.5 Å². The Kier molecular flexibility index (Phi) is 4.39. The topological polar surface area (TPSA) is 30.5 Å². The highest BCUT2D eigenvalue weighted by Gasteiger charge is 2.39. The Morgan fingerprint density at radius 3 is 2.67 bits per heavy atom. The van der Waals surface area contributed by atoms with Crippen molar-refractivity contribution < 1.29 is 9.47 Å². The molecular weight excluding hydrogens is 262 g/mol. The summed E-state index contributed by atoms with van der Waals surface area (Å²) in [5.74, 6) is 4.63. The van der Waals surface area contributed by atoms with Gasteiger partial charge in [0.2, 0.25) is 0 Å². The highest BCUT2D eigenvalue weighted by atomic mass is 16.5. The van der Waals surface area contributed by atoms with Gasteiger partial charge in [-0.15, -0.1) is 0 Å². The van der Waals surface area contributed by atoms with Crippen LogP contribution in [0.5, 0.6) is 11.5 Å². The predicted molar refractivity (Wildman–Crippen MR) is 84.9 cm³/mol. The van der Waals surface area contributed by atoms with Crippen LogP contribution in [0.15, 0.2) is 18.2 Å². The standard InChI is InChI=1S/C18H27NO2/c1-12(17-7-6-16(20-2)10-18(17)21-3)19-11-15-9-13-4-5-14(15)8-13/h6-7,10,12-15,19H,4-5,8-9,11H2,1-3H3. The summed E-state index contributed by atoms with van der Waals surface area (Å²) >= 11 is 0. The lowest BCUT2D eigenvalue weighted by molar-refractivity contribution is 0.307. The maximum Gasteiger partial charge on any atom is 0.127 e. The summed E-state index contributed by atoms with van der Waals surface area (Å²) in [4.78, 5) is 0. The van der Waals surface area contributed by atoms with E-state index in [2.05, 4.69) is 18.3 Å². The number of fused-ring (bicyclic) bond motifs is 2. The molecule has 2 saturated carbocycles. The zero-order valence-electron chi connectivity index (χ0n) is 13.4. The van der Waals surface area contributed by atoms with Crippen molar-refractivity contribution in [3.63, 3.8) is 0 Å². The Labute approximate surface area is 128 Å². The van der Waals surface area contributed by atoms with Gasteiger partial charge in [0.15, 0.2) is 0 Å². The molecule has 3 nitrogen and oxygen atoms in total. The fourth-order valence-corrected chi connectivity index (χ4v) is 4.24. The van der Waals surface area contributed by atoms with Crippen LogP contribution < -0.4 is 14.8 Å². The van der Waals surface area contributed by atoms with Gasteiger partial charge in [0, 0.05) is 17.7 Å². The quantitative estimate of drug-likeness (QED) is 0.864. The lowest BCUT2D eigenvalue weighted by atomic mass is 9.88. The minimum Gasteiger partial charge on any atom is -0.497 e. The van der Waals surface area contributed by atoms with E-state index in [0.29, 0.717) is 6.04 Å². The van der Waals surface area contributed by atoms with Gasteiger partial charge in [-0.3, -0.25) is 0 Å². The van der Waals surface area contributed by atoms with Crippen LogP contribution in [0.25, 0.3) is 0 Å². The molecule has 0 heterocycles. The van der Waals surface area contributed by atoms with Crippen LogP contribution in [0, 0.1) is 17.8 Å². The third kappa shape index (κ3) is 3.03. The number of nitrogens with one attached hydrogen (secondary N) is 1. The summed E-state index contributed by atoms with van der Waals surface area (Å²) in [5.41, 5.74) is 1.21. The van der Waals surface area contributed by atoms with Crippen molar-refractivity contribution in [2.75, 3.05) is 20.8 Å². The molecule has 0 spiro atoms. The normalized spacial score (nSPS) is 28.6. The molecule has 1 N–H and O–H groups in total. The smallest absolute Gasteiger partial charge is 0.127 e. The molecule has 4 unspecified atom stereocenters. The molecule has 4 atom stereocenters. The number of hydrogen-bond donors (Lipinski definition) is 1. The van der Waals surface area contributed by atoms with Gasteiger partial charge in [0.05, 0.1) is 14.2 Å². The summed E-state index contributed by atoms with van der Waals surface area (Å²) < 4.78 is 10.8. The van der Waals surface area contributed by atoms with Crippen LogP contribution in [-0.2, 0) is 0 Å². The average Bonchev–Trinajstić information content (AvgIpc) is 3.14. The van der Waals surface area contributed by atoms with Gasteiger partial charge in [0.1, 0.15) is 11.5 Å². The van der Waals surface area contributed by atoms with Crippen LogP contribution in [0.2, 0.25) is 0 Å². The van der Waals surface area contributed by atoms with Crippen molar-refractivity contribution in [1.29, 1.82) is 0 Å². The van der Waals surface area contributed by atoms with Gasteiger partial charge in [-0.2, -0.15) is 0 Å². The molecule has 21 heavy (non-hydrogen) atoms. The predicted octanol–water partition coefficient (Wildman–Crippen LogP) is 3.79. The largest absolute Gasteiger partial charge is 0.497 e. The minimum atomic E-state index is 0.310. The number of ether oxygens (including phenoxy) is 2. The molecule has 116 valence electrons. The Morgan fingerprint density at radius 2 is 2.05 bits per heavy atom. The van der Waals surface area contributed by atoms with Crippen LogP contribution in [0.4, 0.5) is 0 Å². The summed E-state index contributed by atoms with van der Waals surface area (Å²) in [5, 5.41) is 3.72. The van der Waals surface area contributed by atoms with E-state index in [1.54, 1.807) is 14.2 Å². The molecule has 1 aromatic rings. The van der Waals surface area contributed by atoms with Gasteiger partial charge < -0.3 is 14.8 Å². The molecule has 2 aliphatic rings. The Balaban J connectivity index is 1.61.